The van der Waals surface area contributed by atoms with Gasteiger partial charge in [-0.25, -0.2) is 8.78 Å². The summed E-state index contributed by atoms with van der Waals surface area (Å²) in [4.78, 5) is 14.1. The lowest BCUT2D eigenvalue weighted by Gasteiger charge is -2.27. The molecule has 9 heteroatoms. The fourth-order valence-electron chi connectivity index (χ4n) is 2.79. The third-order valence-electron chi connectivity index (χ3n) is 3.89. The second-order valence-electron chi connectivity index (χ2n) is 5.86. The fourth-order valence-corrected chi connectivity index (χ4v) is 2.79. The van der Waals surface area contributed by atoms with Gasteiger partial charge in [0.15, 0.2) is 17.3 Å². The Bertz CT molecular complexity index is 736. The highest BCUT2D eigenvalue weighted by molar-refractivity contribution is 5.92. The summed E-state index contributed by atoms with van der Waals surface area (Å²) in [7, 11) is 0. The first kappa shape index (κ1) is 15.6. The largest absolute Gasteiger partial charge is 0.328 e. The molecule has 0 saturated heterocycles. The molecule has 0 aromatic carbocycles. The summed E-state index contributed by atoms with van der Waals surface area (Å²) in [5.74, 6) is -0.188. The molecule has 0 aliphatic carbocycles. The Morgan fingerprint density at radius 2 is 2.00 bits per heavy atom. The minimum absolute atomic E-state index is 0.159. The van der Waals surface area contributed by atoms with Crippen molar-refractivity contribution in [3.05, 3.63) is 29.1 Å². The van der Waals surface area contributed by atoms with Crippen LogP contribution in [-0.2, 0) is 13.1 Å². The molecule has 23 heavy (non-hydrogen) atoms. The van der Waals surface area contributed by atoms with Crippen molar-refractivity contribution >= 4 is 5.91 Å². The van der Waals surface area contributed by atoms with Crippen LogP contribution in [0.25, 0.3) is 0 Å². The van der Waals surface area contributed by atoms with Gasteiger partial charge < -0.3 is 9.47 Å². The number of fused-ring (bicyclic) bond motifs is 1. The van der Waals surface area contributed by atoms with Gasteiger partial charge >= 0.3 is 0 Å². The van der Waals surface area contributed by atoms with E-state index < -0.39 is 6.43 Å². The molecule has 1 aliphatic rings. The van der Waals surface area contributed by atoms with Gasteiger partial charge in [0, 0.05) is 24.8 Å². The van der Waals surface area contributed by atoms with E-state index in [0.29, 0.717) is 18.1 Å². The summed E-state index contributed by atoms with van der Waals surface area (Å²) in [6.07, 6.45) is -2.66. The molecule has 0 atom stereocenters. The fraction of sp³-hybridized carbons (Fsp3) is 0.571. The number of hydrogen-bond donors (Lipinski definition) is 0. The Morgan fingerprint density at radius 3 is 2.61 bits per heavy atom. The smallest absolute Gasteiger partial charge is 0.297 e. The molecule has 7 nitrogen and oxygen atoms in total. The molecule has 1 aliphatic heterocycles. The van der Waals surface area contributed by atoms with Gasteiger partial charge in [-0.15, -0.1) is 10.2 Å². The number of aromatic nitrogens is 5. The molecular weight excluding hydrogens is 306 g/mol. The van der Waals surface area contributed by atoms with E-state index in [1.165, 1.54) is 4.57 Å². The molecule has 0 N–H and O–H groups in total. The summed E-state index contributed by atoms with van der Waals surface area (Å²) in [5.41, 5.74) is 1.27. The van der Waals surface area contributed by atoms with Gasteiger partial charge in [0.2, 0.25) is 0 Å². The molecule has 3 heterocycles. The van der Waals surface area contributed by atoms with Crippen LogP contribution in [0.15, 0.2) is 6.07 Å². The minimum atomic E-state index is -2.66. The zero-order valence-electron chi connectivity index (χ0n) is 13.2. The quantitative estimate of drug-likeness (QED) is 0.865. The van der Waals surface area contributed by atoms with Gasteiger partial charge in [-0.2, -0.15) is 5.10 Å². The van der Waals surface area contributed by atoms with Gasteiger partial charge in [-0.3, -0.25) is 9.48 Å². The van der Waals surface area contributed by atoms with Gasteiger partial charge in [0.05, 0.1) is 6.54 Å². The summed E-state index contributed by atoms with van der Waals surface area (Å²) < 4.78 is 28.8. The monoisotopic (exact) mass is 324 g/mol. The van der Waals surface area contributed by atoms with Crippen molar-refractivity contribution in [1.82, 2.24) is 29.4 Å². The SMILES string of the molecule is Cc1cc(C(=O)N2CCn3c(nnc3C(F)F)C2)nn1C(C)C. The predicted octanol–water partition coefficient (Wildman–Crippen LogP) is 1.96. The molecule has 1 amide bonds. The summed E-state index contributed by atoms with van der Waals surface area (Å²) >= 11 is 0. The van der Waals surface area contributed by atoms with Crippen molar-refractivity contribution in [2.45, 2.75) is 46.3 Å². The van der Waals surface area contributed by atoms with Crippen LogP contribution in [0.4, 0.5) is 8.78 Å². The summed E-state index contributed by atoms with van der Waals surface area (Å²) in [6, 6.07) is 1.90. The average Bonchev–Trinajstić information content (AvgIpc) is 3.09. The Kier molecular flexibility index (Phi) is 3.87. The molecule has 0 fully saturated rings. The number of hydrogen-bond acceptors (Lipinski definition) is 4. The highest BCUT2D eigenvalue weighted by Crippen LogP contribution is 2.22. The van der Waals surface area contributed by atoms with Crippen molar-refractivity contribution in [3.63, 3.8) is 0 Å². The van der Waals surface area contributed by atoms with E-state index in [4.69, 9.17) is 0 Å². The van der Waals surface area contributed by atoms with E-state index in [-0.39, 0.29) is 30.9 Å². The van der Waals surface area contributed by atoms with E-state index in [9.17, 15) is 13.6 Å². The van der Waals surface area contributed by atoms with Crippen LogP contribution in [0, 0.1) is 6.92 Å². The number of alkyl halides is 2. The molecule has 3 rings (SSSR count). The second-order valence-corrected chi connectivity index (χ2v) is 5.86. The number of rotatable bonds is 3. The summed E-state index contributed by atoms with van der Waals surface area (Å²) in [6.45, 7) is 6.62. The molecule has 0 saturated carbocycles. The number of carbonyl (C=O) groups is 1. The molecule has 0 spiro atoms. The van der Waals surface area contributed by atoms with Crippen molar-refractivity contribution in [2.24, 2.45) is 0 Å². The number of aryl methyl sites for hydroxylation is 1. The maximum absolute atomic E-state index is 12.8. The molecule has 0 radical (unpaired) electrons. The van der Waals surface area contributed by atoms with Crippen molar-refractivity contribution in [1.29, 1.82) is 0 Å². The molecule has 0 bridgehead atoms. The first-order valence-electron chi connectivity index (χ1n) is 7.44. The van der Waals surface area contributed by atoms with Gasteiger partial charge in [-0.1, -0.05) is 0 Å². The van der Waals surface area contributed by atoms with E-state index in [0.717, 1.165) is 5.69 Å². The van der Waals surface area contributed by atoms with E-state index >= 15 is 0 Å². The lowest BCUT2D eigenvalue weighted by atomic mass is 10.3. The van der Waals surface area contributed by atoms with Crippen LogP contribution in [-0.4, -0.2) is 41.9 Å². The van der Waals surface area contributed by atoms with E-state index in [1.807, 2.05) is 20.8 Å². The third-order valence-corrected chi connectivity index (χ3v) is 3.89. The standard InChI is InChI=1S/C14H18F2N6O/c1-8(2)22-9(3)6-10(19-22)14(23)20-4-5-21-11(7-20)17-18-13(21)12(15)16/h6,8,12H,4-5,7H2,1-3H3. The lowest BCUT2D eigenvalue weighted by molar-refractivity contribution is 0.0692. The lowest BCUT2D eigenvalue weighted by Crippen LogP contribution is -2.39. The molecule has 0 unspecified atom stereocenters. The van der Waals surface area contributed by atoms with E-state index in [1.54, 1.807) is 15.6 Å². The van der Waals surface area contributed by atoms with Crippen molar-refractivity contribution < 1.29 is 13.6 Å². The van der Waals surface area contributed by atoms with Crippen LogP contribution in [0.2, 0.25) is 0 Å². The Balaban J connectivity index is 1.81. The Morgan fingerprint density at radius 1 is 1.26 bits per heavy atom. The third kappa shape index (κ3) is 2.71. The molecule has 2 aromatic heterocycles. The van der Waals surface area contributed by atoms with Crippen LogP contribution < -0.4 is 0 Å². The second kappa shape index (κ2) is 5.71. The van der Waals surface area contributed by atoms with Crippen molar-refractivity contribution in [3.8, 4) is 0 Å². The topological polar surface area (TPSA) is 68.8 Å². The first-order chi connectivity index (χ1) is 10.9. The van der Waals surface area contributed by atoms with Crippen molar-refractivity contribution in [2.75, 3.05) is 6.54 Å². The Labute approximate surface area is 131 Å². The Hall–Kier alpha value is -2.32. The van der Waals surface area contributed by atoms with Gasteiger partial charge in [-0.05, 0) is 26.8 Å². The zero-order chi connectivity index (χ0) is 16.7. The first-order valence-corrected chi connectivity index (χ1v) is 7.44. The van der Waals surface area contributed by atoms with Crippen LogP contribution in [0.3, 0.4) is 0 Å². The predicted molar refractivity (Wildman–Crippen MR) is 77.1 cm³/mol. The zero-order valence-corrected chi connectivity index (χ0v) is 13.2. The van der Waals surface area contributed by atoms with Crippen LogP contribution in [0.1, 0.15) is 54.1 Å². The average molecular weight is 324 g/mol. The van der Waals surface area contributed by atoms with Crippen LogP contribution >= 0.6 is 0 Å². The number of halogens is 2. The number of amides is 1. The molecule has 124 valence electrons. The summed E-state index contributed by atoms with van der Waals surface area (Å²) in [5, 5.41) is 11.6. The minimum Gasteiger partial charge on any atom is -0.328 e. The maximum Gasteiger partial charge on any atom is 0.297 e. The maximum atomic E-state index is 12.8. The van der Waals surface area contributed by atoms with Crippen LogP contribution in [0.5, 0.6) is 0 Å². The number of carbonyl (C=O) groups excluding carboxylic acids is 1. The molecular formula is C14H18F2N6O. The van der Waals surface area contributed by atoms with Gasteiger partial charge in [0.25, 0.3) is 12.3 Å². The van der Waals surface area contributed by atoms with E-state index in [2.05, 4.69) is 15.3 Å². The van der Waals surface area contributed by atoms with Gasteiger partial charge in [0.1, 0.15) is 0 Å². The highest BCUT2D eigenvalue weighted by atomic mass is 19.3. The molecule has 2 aromatic rings. The highest BCUT2D eigenvalue weighted by Gasteiger charge is 2.29. The number of nitrogens with zero attached hydrogens (tertiary/aromatic N) is 6. The normalized spacial score (nSPS) is 14.7.